The summed E-state index contributed by atoms with van der Waals surface area (Å²) in [7, 11) is 2.66. The van der Waals surface area contributed by atoms with E-state index in [9.17, 15) is 0 Å². The van der Waals surface area contributed by atoms with Gasteiger partial charge in [0.05, 0.1) is 0 Å². The Morgan fingerprint density at radius 3 is 2.00 bits per heavy atom. The molecule has 0 saturated heterocycles. The van der Waals surface area contributed by atoms with Crippen LogP contribution < -0.4 is 5.30 Å². The molecule has 0 radical (unpaired) electrons. The normalized spacial score (nSPS) is 9.50. The summed E-state index contributed by atoms with van der Waals surface area (Å²) in [5.74, 6) is 0. The van der Waals surface area contributed by atoms with E-state index >= 15 is 0 Å². The van der Waals surface area contributed by atoms with E-state index in [4.69, 9.17) is 0 Å². The lowest BCUT2D eigenvalue weighted by molar-refractivity contribution is 1.50. The monoisotopic (exact) mass is 232 g/mol. The summed E-state index contributed by atoms with van der Waals surface area (Å²) in [5.41, 5.74) is 3.19. The minimum Gasteiger partial charge on any atom is -0.106 e. The van der Waals surface area contributed by atoms with Crippen LogP contribution in [0, 0.1) is 0 Å². The van der Waals surface area contributed by atoms with Crippen LogP contribution in [0.5, 0.6) is 0 Å². The van der Waals surface area contributed by atoms with Crippen molar-refractivity contribution in [2.24, 2.45) is 0 Å². The lowest BCUT2D eigenvalue weighted by atomic mass is 10.1. The first kappa shape index (κ1) is 14.9. The predicted molar refractivity (Wildman–Crippen MR) is 80.1 cm³/mol. The van der Waals surface area contributed by atoms with Crippen molar-refractivity contribution < 1.29 is 0 Å². The lowest BCUT2D eigenvalue weighted by Gasteiger charge is -2.00. The highest BCUT2D eigenvalue weighted by Gasteiger charge is 1.93. The van der Waals surface area contributed by atoms with Crippen LogP contribution in [-0.2, 0) is 0 Å². The van der Waals surface area contributed by atoms with Crippen molar-refractivity contribution in [1.29, 1.82) is 0 Å². The minimum absolute atomic E-state index is 1.01. The summed E-state index contributed by atoms with van der Waals surface area (Å²) in [6.45, 7) is 13.8. The molecule has 0 aliphatic rings. The van der Waals surface area contributed by atoms with Crippen molar-refractivity contribution in [3.63, 3.8) is 0 Å². The highest BCUT2D eigenvalue weighted by atomic mass is 31.0. The summed E-state index contributed by atoms with van der Waals surface area (Å²) in [5, 5.41) is 1.19. The quantitative estimate of drug-likeness (QED) is 0.536. The topological polar surface area (TPSA) is 0 Å². The van der Waals surface area contributed by atoms with Crippen LogP contribution in [0.1, 0.15) is 26.3 Å². The summed E-state index contributed by atoms with van der Waals surface area (Å²) < 4.78 is 0. The molecule has 0 N–H and O–H groups in total. The lowest BCUT2D eigenvalue weighted by Crippen LogP contribution is -1.88. The summed E-state index contributed by atoms with van der Waals surface area (Å²) in [4.78, 5) is 0. The van der Waals surface area contributed by atoms with Crippen molar-refractivity contribution in [2.45, 2.75) is 20.8 Å². The summed E-state index contributed by atoms with van der Waals surface area (Å²) in [6.07, 6.45) is 3.96. The molecule has 1 aromatic rings. The smallest absolute Gasteiger partial charge is 0.0190 e. The fourth-order valence-corrected chi connectivity index (χ4v) is 1.23. The Balaban J connectivity index is 0.00000106. The molecule has 0 bridgehead atoms. The molecule has 1 heteroatoms. The molecular formula is C15H21P. The van der Waals surface area contributed by atoms with E-state index in [0.29, 0.717) is 0 Å². The number of rotatable bonds is 3. The van der Waals surface area contributed by atoms with Gasteiger partial charge in [-0.25, -0.2) is 0 Å². The Morgan fingerprint density at radius 1 is 1.06 bits per heavy atom. The maximum Gasteiger partial charge on any atom is -0.0190 e. The molecule has 0 spiro atoms. The van der Waals surface area contributed by atoms with Crippen LogP contribution in [0.3, 0.4) is 0 Å². The number of allylic oxidation sites excluding steroid dienone is 4. The Labute approximate surface area is 102 Å². The Kier molecular flexibility index (Phi) is 7.50. The Bertz CT molecular complexity index is 369. The van der Waals surface area contributed by atoms with Crippen LogP contribution in [0.25, 0.3) is 5.57 Å². The zero-order valence-electron chi connectivity index (χ0n) is 10.5. The molecule has 1 unspecified atom stereocenters. The number of benzene rings is 1. The Hall–Kier alpha value is -1.13. The van der Waals surface area contributed by atoms with Crippen molar-refractivity contribution in [3.05, 3.63) is 60.7 Å². The molecule has 1 atom stereocenters. The van der Waals surface area contributed by atoms with Crippen LogP contribution >= 0.6 is 9.24 Å². The Morgan fingerprint density at radius 2 is 1.56 bits per heavy atom. The zero-order chi connectivity index (χ0) is 12.6. The van der Waals surface area contributed by atoms with Crippen LogP contribution in [0.4, 0.5) is 0 Å². The van der Waals surface area contributed by atoms with E-state index in [0.717, 1.165) is 16.7 Å². The first-order valence-electron chi connectivity index (χ1n) is 5.48. The third kappa shape index (κ3) is 5.68. The maximum absolute atomic E-state index is 3.99. The highest BCUT2D eigenvalue weighted by molar-refractivity contribution is 7.27. The third-order valence-electron chi connectivity index (χ3n) is 1.85. The molecule has 0 aromatic heterocycles. The molecule has 1 aromatic carbocycles. The van der Waals surface area contributed by atoms with Gasteiger partial charge in [-0.05, 0) is 23.4 Å². The SMILES string of the molecule is C=C(C)/C=C\C(=C)c1ccc(P)cc1.CC. The predicted octanol–water partition coefficient (Wildman–Crippen LogP) is 4.36. The number of hydrogen-bond donors (Lipinski definition) is 0. The third-order valence-corrected chi connectivity index (χ3v) is 2.24. The minimum atomic E-state index is 1.01. The second kappa shape index (κ2) is 8.07. The van der Waals surface area contributed by atoms with Gasteiger partial charge in [0.25, 0.3) is 0 Å². The van der Waals surface area contributed by atoms with E-state index in [1.807, 2.05) is 32.9 Å². The fraction of sp³-hybridized carbons (Fsp3) is 0.200. The fourth-order valence-electron chi connectivity index (χ4n) is 1.04. The zero-order valence-corrected chi connectivity index (χ0v) is 11.6. The second-order valence-corrected chi connectivity index (χ2v) is 3.99. The van der Waals surface area contributed by atoms with E-state index in [1.165, 1.54) is 5.30 Å². The first-order chi connectivity index (χ1) is 7.59. The number of hydrogen-bond acceptors (Lipinski definition) is 0. The molecule has 1 rings (SSSR count). The van der Waals surface area contributed by atoms with Gasteiger partial charge in [-0.2, -0.15) is 0 Å². The average Bonchev–Trinajstić information content (AvgIpc) is 2.29. The largest absolute Gasteiger partial charge is 0.106 e. The highest BCUT2D eigenvalue weighted by Crippen LogP contribution is 2.13. The van der Waals surface area contributed by atoms with Gasteiger partial charge in [0.2, 0.25) is 0 Å². The van der Waals surface area contributed by atoms with Crippen LogP contribution in [-0.4, -0.2) is 0 Å². The first-order valence-corrected chi connectivity index (χ1v) is 6.06. The van der Waals surface area contributed by atoms with E-state index < -0.39 is 0 Å². The molecular weight excluding hydrogens is 211 g/mol. The molecule has 0 aliphatic heterocycles. The second-order valence-electron chi connectivity index (χ2n) is 3.33. The molecule has 0 heterocycles. The molecule has 0 fully saturated rings. The molecule has 0 aliphatic carbocycles. The molecule has 0 saturated carbocycles. The molecule has 16 heavy (non-hydrogen) atoms. The van der Waals surface area contributed by atoms with E-state index in [1.54, 1.807) is 0 Å². The van der Waals surface area contributed by atoms with Crippen molar-refractivity contribution in [1.82, 2.24) is 0 Å². The molecule has 0 nitrogen and oxygen atoms in total. The van der Waals surface area contributed by atoms with Gasteiger partial charge < -0.3 is 0 Å². The van der Waals surface area contributed by atoms with Gasteiger partial charge in [-0.1, -0.05) is 69.0 Å². The maximum atomic E-state index is 3.99. The van der Waals surface area contributed by atoms with E-state index in [-0.39, 0.29) is 0 Å². The molecule has 86 valence electrons. The average molecular weight is 232 g/mol. The standard InChI is InChI=1S/C13H15P.C2H6/c1-10(2)4-5-11(3)12-6-8-13(14)9-7-12;1-2/h4-9H,1,3,14H2,2H3;1-2H3/b5-4-;. The van der Waals surface area contributed by atoms with Gasteiger partial charge in [0.15, 0.2) is 0 Å². The van der Waals surface area contributed by atoms with Crippen molar-refractivity contribution in [2.75, 3.05) is 0 Å². The van der Waals surface area contributed by atoms with Crippen LogP contribution in [0.2, 0.25) is 0 Å². The van der Waals surface area contributed by atoms with Gasteiger partial charge in [0, 0.05) is 0 Å². The summed E-state index contributed by atoms with van der Waals surface area (Å²) >= 11 is 0. The van der Waals surface area contributed by atoms with E-state index in [2.05, 4.69) is 46.7 Å². The van der Waals surface area contributed by atoms with Gasteiger partial charge in [0.1, 0.15) is 0 Å². The molecule has 0 amide bonds. The van der Waals surface area contributed by atoms with Crippen molar-refractivity contribution >= 4 is 20.1 Å². The van der Waals surface area contributed by atoms with Gasteiger partial charge in [-0.15, -0.1) is 9.24 Å². The van der Waals surface area contributed by atoms with Crippen LogP contribution in [0.15, 0.2) is 55.1 Å². The summed E-state index contributed by atoms with van der Waals surface area (Å²) in [6, 6.07) is 8.24. The van der Waals surface area contributed by atoms with Crippen molar-refractivity contribution in [3.8, 4) is 0 Å². The van der Waals surface area contributed by atoms with Gasteiger partial charge in [-0.3, -0.25) is 0 Å². The van der Waals surface area contributed by atoms with Gasteiger partial charge >= 0.3 is 0 Å².